The van der Waals surface area contributed by atoms with E-state index >= 15 is 0 Å². The Morgan fingerprint density at radius 3 is 1.38 bits per heavy atom. The van der Waals surface area contributed by atoms with Gasteiger partial charge < -0.3 is 20.1 Å². The van der Waals surface area contributed by atoms with Gasteiger partial charge in [0.2, 0.25) is 0 Å². The molecule has 8 nitrogen and oxygen atoms in total. The van der Waals surface area contributed by atoms with Gasteiger partial charge in [0.05, 0.1) is 21.4 Å². The van der Waals surface area contributed by atoms with Gasteiger partial charge in [-0.3, -0.25) is 0 Å². The minimum atomic E-state index is -0.455. The third-order valence-corrected chi connectivity index (χ3v) is 10.7. The van der Waals surface area contributed by atoms with Crippen LogP contribution >= 0.6 is 22.7 Å². The first-order valence-corrected chi connectivity index (χ1v) is 19.5. The van der Waals surface area contributed by atoms with Crippen LogP contribution < -0.4 is 10.6 Å². The minimum Gasteiger partial charge on any atom is -0.444 e. The molecule has 2 heterocycles. The van der Waals surface area contributed by atoms with E-state index in [9.17, 15) is 9.59 Å². The van der Waals surface area contributed by atoms with Crippen LogP contribution in [0.3, 0.4) is 0 Å². The Morgan fingerprint density at radius 2 is 1.02 bits per heavy atom. The second-order valence-corrected chi connectivity index (χ2v) is 17.2. The van der Waals surface area contributed by atoms with Crippen molar-refractivity contribution in [3.8, 4) is 0 Å². The van der Waals surface area contributed by atoms with Crippen molar-refractivity contribution in [3.63, 3.8) is 0 Å². The number of alkyl carbamates (subject to hydrolysis) is 2. The molecule has 2 N–H and O–H groups in total. The van der Waals surface area contributed by atoms with E-state index in [0.717, 1.165) is 62.8 Å². The lowest BCUT2D eigenvalue weighted by molar-refractivity contribution is 0.0493. The fourth-order valence-electron chi connectivity index (χ4n) is 6.41. The van der Waals surface area contributed by atoms with Crippen LogP contribution in [-0.2, 0) is 22.3 Å². The molecule has 50 heavy (non-hydrogen) atoms. The number of amides is 2. The van der Waals surface area contributed by atoms with Gasteiger partial charge in [0.1, 0.15) is 11.2 Å². The molecule has 0 bridgehead atoms. The monoisotopic (exact) mass is 716 g/mol. The van der Waals surface area contributed by atoms with Gasteiger partial charge in [0.15, 0.2) is 0 Å². The molecule has 2 aliphatic carbocycles. The molecule has 0 saturated heterocycles. The number of aromatic nitrogens is 2. The average Bonchev–Trinajstić information content (AvgIpc) is 3.85. The highest BCUT2D eigenvalue weighted by molar-refractivity contribution is 7.10. The van der Waals surface area contributed by atoms with E-state index in [1.807, 2.05) is 53.7 Å². The normalized spacial score (nSPS) is 20.4. The summed E-state index contributed by atoms with van der Waals surface area (Å²) in [6.45, 7) is 11.3. The summed E-state index contributed by atoms with van der Waals surface area (Å²) >= 11 is 3.48. The van der Waals surface area contributed by atoms with Gasteiger partial charge in [0, 0.05) is 47.5 Å². The van der Waals surface area contributed by atoms with Crippen molar-refractivity contribution in [2.75, 3.05) is 0 Å². The molecule has 2 amide bonds. The zero-order chi connectivity index (χ0) is 35.7. The SMILES string of the molecule is CC(C)(C)OC(=O)N[C@H]1CC[C@@H](c2nc(Cc3ccccc3)cs2)C1.CC(C)(C)OC(=O)N[C@H]1CC[C@H](c2nc(Cc3ccccc3)cs2)C1. The lowest BCUT2D eigenvalue weighted by Crippen LogP contribution is -2.37. The summed E-state index contributed by atoms with van der Waals surface area (Å²) in [6.07, 6.45) is 7.11. The first-order valence-electron chi connectivity index (χ1n) is 17.7. The molecular formula is C40H52N4O4S2. The summed E-state index contributed by atoms with van der Waals surface area (Å²) in [4.78, 5) is 33.5. The average molecular weight is 717 g/mol. The van der Waals surface area contributed by atoms with Crippen LogP contribution in [0.2, 0.25) is 0 Å². The molecule has 2 aliphatic rings. The van der Waals surface area contributed by atoms with Crippen LogP contribution in [0.5, 0.6) is 0 Å². The fourth-order valence-corrected chi connectivity index (χ4v) is 8.35. The number of benzene rings is 2. The molecule has 0 unspecified atom stereocenters. The van der Waals surface area contributed by atoms with Crippen LogP contribution in [0.4, 0.5) is 9.59 Å². The van der Waals surface area contributed by atoms with Crippen LogP contribution in [0, 0.1) is 0 Å². The van der Waals surface area contributed by atoms with E-state index in [2.05, 4.69) is 69.9 Å². The van der Waals surface area contributed by atoms with Gasteiger partial charge in [-0.15, -0.1) is 22.7 Å². The van der Waals surface area contributed by atoms with E-state index in [1.165, 1.54) is 21.1 Å². The molecule has 2 fully saturated rings. The Balaban J connectivity index is 0.000000194. The Labute approximate surface area is 305 Å². The molecule has 4 atom stereocenters. The number of carbonyl (C=O) groups excluding carboxylic acids is 2. The first kappa shape index (κ1) is 37.5. The Kier molecular flexibility index (Phi) is 12.7. The third kappa shape index (κ3) is 12.2. The van der Waals surface area contributed by atoms with E-state index in [-0.39, 0.29) is 24.3 Å². The molecule has 0 radical (unpaired) electrons. The van der Waals surface area contributed by atoms with E-state index in [1.54, 1.807) is 22.7 Å². The topological polar surface area (TPSA) is 102 Å². The van der Waals surface area contributed by atoms with Crippen LogP contribution in [-0.4, -0.2) is 45.4 Å². The van der Waals surface area contributed by atoms with Gasteiger partial charge in [-0.05, 0) is 91.2 Å². The van der Waals surface area contributed by atoms with Crippen LogP contribution in [0.15, 0.2) is 71.4 Å². The number of rotatable bonds is 8. The molecule has 6 rings (SSSR count). The minimum absolute atomic E-state index is 0.182. The predicted molar refractivity (Wildman–Crippen MR) is 202 cm³/mol. The maximum Gasteiger partial charge on any atom is 0.407 e. The quantitative estimate of drug-likeness (QED) is 0.188. The number of ether oxygens (including phenoxy) is 2. The fraction of sp³-hybridized carbons (Fsp3) is 0.500. The lowest BCUT2D eigenvalue weighted by atomic mass is 10.1. The maximum atomic E-state index is 11.9. The maximum absolute atomic E-state index is 11.9. The zero-order valence-corrected chi connectivity index (χ0v) is 31.9. The van der Waals surface area contributed by atoms with Gasteiger partial charge in [-0.25, -0.2) is 19.6 Å². The molecule has 268 valence electrons. The van der Waals surface area contributed by atoms with Crippen molar-refractivity contribution in [1.29, 1.82) is 0 Å². The number of nitrogens with zero attached hydrogens (tertiary/aromatic N) is 2. The van der Waals surface area contributed by atoms with Gasteiger partial charge in [0.25, 0.3) is 0 Å². The molecule has 2 saturated carbocycles. The van der Waals surface area contributed by atoms with E-state index in [0.29, 0.717) is 11.8 Å². The molecule has 0 aliphatic heterocycles. The zero-order valence-electron chi connectivity index (χ0n) is 30.2. The van der Waals surface area contributed by atoms with Crippen molar-refractivity contribution in [2.45, 2.75) is 128 Å². The van der Waals surface area contributed by atoms with Gasteiger partial charge >= 0.3 is 12.2 Å². The number of nitrogens with one attached hydrogen (secondary N) is 2. The van der Waals surface area contributed by atoms with E-state index in [4.69, 9.17) is 19.4 Å². The van der Waals surface area contributed by atoms with Crippen LogP contribution in [0.1, 0.15) is 124 Å². The van der Waals surface area contributed by atoms with Gasteiger partial charge in [-0.1, -0.05) is 60.7 Å². The highest BCUT2D eigenvalue weighted by Gasteiger charge is 2.31. The second kappa shape index (κ2) is 17.0. The van der Waals surface area contributed by atoms with Crippen molar-refractivity contribution in [2.24, 2.45) is 0 Å². The Hall–Kier alpha value is -3.76. The molecule has 4 aromatic rings. The van der Waals surface area contributed by atoms with Crippen molar-refractivity contribution < 1.29 is 19.1 Å². The summed E-state index contributed by atoms with van der Waals surface area (Å²) < 4.78 is 10.7. The Bertz CT molecular complexity index is 1540. The van der Waals surface area contributed by atoms with E-state index < -0.39 is 11.2 Å². The standard InChI is InChI=1S/2C20H26N2O2S/c2*1-20(2,3)24-19(23)22-16-10-9-15(12-16)18-21-17(13-25-18)11-14-7-5-4-6-8-14/h2*4-8,13,15-16H,9-12H2,1-3H3,(H,22,23)/t15-,16+;15-,16-/m10/s1. The number of hydrogen-bond acceptors (Lipinski definition) is 8. The molecule has 2 aromatic carbocycles. The van der Waals surface area contributed by atoms with Crippen molar-refractivity contribution in [3.05, 3.63) is 104 Å². The van der Waals surface area contributed by atoms with Crippen LogP contribution in [0.25, 0.3) is 0 Å². The smallest absolute Gasteiger partial charge is 0.407 e. The number of carbonyl (C=O) groups is 2. The van der Waals surface area contributed by atoms with Crippen molar-refractivity contribution >= 4 is 34.9 Å². The lowest BCUT2D eigenvalue weighted by Gasteiger charge is -2.21. The first-order chi connectivity index (χ1) is 23.8. The predicted octanol–water partition coefficient (Wildman–Crippen LogP) is 9.79. The molecule has 0 spiro atoms. The number of hydrogen-bond donors (Lipinski definition) is 2. The summed E-state index contributed by atoms with van der Waals surface area (Å²) in [6, 6.07) is 21.2. The third-order valence-electron chi connectivity index (χ3n) is 8.60. The highest BCUT2D eigenvalue weighted by atomic mass is 32.1. The summed E-state index contributed by atoms with van der Waals surface area (Å²) in [7, 11) is 0. The Morgan fingerprint density at radius 1 is 0.640 bits per heavy atom. The number of thiazole rings is 2. The highest BCUT2D eigenvalue weighted by Crippen LogP contribution is 2.37. The van der Waals surface area contributed by atoms with Gasteiger partial charge in [-0.2, -0.15) is 0 Å². The molecule has 10 heteroatoms. The summed E-state index contributed by atoms with van der Waals surface area (Å²) in [5, 5.41) is 12.7. The summed E-state index contributed by atoms with van der Waals surface area (Å²) in [5.41, 5.74) is 3.93. The molecule has 2 aromatic heterocycles. The summed E-state index contributed by atoms with van der Waals surface area (Å²) in [5.74, 6) is 0.879. The molecular weight excluding hydrogens is 665 g/mol. The second-order valence-electron chi connectivity index (χ2n) is 15.4. The van der Waals surface area contributed by atoms with Crippen molar-refractivity contribution in [1.82, 2.24) is 20.6 Å². The largest absolute Gasteiger partial charge is 0.444 e.